The first-order valence-corrected chi connectivity index (χ1v) is 12.0. The lowest BCUT2D eigenvalue weighted by atomic mass is 9.78. The SMILES string of the molecule is CC(C)(C)Oc1ccc(C[C@@H]2NC(=O)[C@]3(CSC4=C3C(=O)c3ccccc3C4=O)NC2=O)cc1. The van der Waals surface area contributed by atoms with Gasteiger partial charge < -0.3 is 15.4 Å². The van der Waals surface area contributed by atoms with E-state index in [1.165, 1.54) is 0 Å². The molecule has 0 aromatic heterocycles. The maximum atomic E-state index is 13.3. The number of amides is 2. The van der Waals surface area contributed by atoms with E-state index in [1.807, 2.05) is 45.0 Å². The Balaban J connectivity index is 1.37. The Bertz CT molecular complexity index is 1270. The first-order chi connectivity index (χ1) is 16.1. The van der Waals surface area contributed by atoms with Crippen LogP contribution < -0.4 is 15.4 Å². The molecule has 1 saturated heterocycles. The first kappa shape index (κ1) is 22.4. The molecule has 2 atom stereocenters. The quantitative estimate of drug-likeness (QED) is 0.707. The summed E-state index contributed by atoms with van der Waals surface area (Å²) >= 11 is 1.14. The fraction of sp³-hybridized carbons (Fsp3) is 0.308. The molecule has 34 heavy (non-hydrogen) atoms. The minimum absolute atomic E-state index is 0.0779. The molecule has 5 rings (SSSR count). The molecule has 8 heteroatoms. The maximum absolute atomic E-state index is 13.3. The van der Waals surface area contributed by atoms with Crippen LogP contribution in [-0.2, 0) is 16.0 Å². The summed E-state index contributed by atoms with van der Waals surface area (Å²) < 4.78 is 5.83. The van der Waals surface area contributed by atoms with Gasteiger partial charge in [0.2, 0.25) is 11.7 Å². The molecule has 2 aromatic rings. The van der Waals surface area contributed by atoms with E-state index < -0.39 is 23.3 Å². The molecule has 0 saturated carbocycles. The van der Waals surface area contributed by atoms with Gasteiger partial charge in [-0.15, -0.1) is 11.8 Å². The number of ether oxygens (including phenoxy) is 1. The van der Waals surface area contributed by atoms with Gasteiger partial charge in [0.25, 0.3) is 5.91 Å². The van der Waals surface area contributed by atoms with Crippen LogP contribution in [0.5, 0.6) is 5.75 Å². The molecule has 174 valence electrons. The molecular weight excluding hydrogens is 452 g/mol. The molecule has 1 aliphatic carbocycles. The van der Waals surface area contributed by atoms with Gasteiger partial charge >= 0.3 is 0 Å². The number of carbonyl (C=O) groups is 4. The van der Waals surface area contributed by atoms with Crippen LogP contribution in [0, 0.1) is 0 Å². The molecular formula is C26H24N2O5S. The number of allylic oxidation sites excluding steroid dienone is 1. The van der Waals surface area contributed by atoms with Crippen LogP contribution in [0.15, 0.2) is 59.0 Å². The number of hydrogen-bond donors (Lipinski definition) is 2. The third kappa shape index (κ3) is 3.62. The minimum Gasteiger partial charge on any atom is -0.488 e. The third-order valence-electron chi connectivity index (χ3n) is 6.07. The number of fused-ring (bicyclic) bond motifs is 2. The number of benzene rings is 2. The van der Waals surface area contributed by atoms with Crippen LogP contribution in [0.3, 0.4) is 0 Å². The van der Waals surface area contributed by atoms with E-state index in [-0.39, 0.29) is 45.5 Å². The van der Waals surface area contributed by atoms with E-state index in [9.17, 15) is 19.2 Å². The van der Waals surface area contributed by atoms with Gasteiger partial charge in [0.15, 0.2) is 11.3 Å². The summed E-state index contributed by atoms with van der Waals surface area (Å²) in [6, 6.07) is 13.2. The van der Waals surface area contributed by atoms with E-state index >= 15 is 0 Å². The van der Waals surface area contributed by atoms with Crippen molar-refractivity contribution in [3.63, 3.8) is 0 Å². The Labute approximate surface area is 201 Å². The zero-order valence-corrected chi connectivity index (χ0v) is 19.9. The van der Waals surface area contributed by atoms with Crippen molar-refractivity contribution in [1.29, 1.82) is 0 Å². The summed E-state index contributed by atoms with van der Waals surface area (Å²) in [6.07, 6.45) is 0.290. The third-order valence-corrected chi connectivity index (χ3v) is 7.33. The summed E-state index contributed by atoms with van der Waals surface area (Å²) in [7, 11) is 0. The van der Waals surface area contributed by atoms with Gasteiger partial charge in [-0.1, -0.05) is 36.4 Å². The minimum atomic E-state index is -1.54. The largest absolute Gasteiger partial charge is 0.488 e. The average molecular weight is 477 g/mol. The van der Waals surface area contributed by atoms with E-state index in [0.717, 1.165) is 23.1 Å². The number of rotatable bonds is 3. The standard InChI is InChI=1S/C26H24N2O5S/c1-25(2,3)33-15-10-8-14(9-11-15)12-18-23(31)28-26(24(32)27-18)13-34-22-19(26)20(29)16-6-4-5-7-17(16)21(22)30/h4-11,18H,12-13H2,1-3H3,(H,27,32)(H,28,31)/t18-,26+/m0/s1. The van der Waals surface area contributed by atoms with Crippen LogP contribution >= 0.6 is 11.8 Å². The highest BCUT2D eigenvalue weighted by Crippen LogP contribution is 2.46. The van der Waals surface area contributed by atoms with Gasteiger partial charge in [-0.25, -0.2) is 0 Å². The van der Waals surface area contributed by atoms with Crippen molar-refractivity contribution in [2.75, 3.05) is 5.75 Å². The molecule has 2 N–H and O–H groups in total. The summed E-state index contributed by atoms with van der Waals surface area (Å²) in [4.78, 5) is 53.0. The van der Waals surface area contributed by atoms with Crippen LogP contribution in [0.25, 0.3) is 0 Å². The van der Waals surface area contributed by atoms with Crippen molar-refractivity contribution in [2.45, 2.75) is 44.4 Å². The lowest BCUT2D eigenvalue weighted by Gasteiger charge is -2.38. The Kier molecular flexibility index (Phi) is 5.16. The van der Waals surface area contributed by atoms with Crippen molar-refractivity contribution in [2.24, 2.45) is 0 Å². The van der Waals surface area contributed by atoms with Gasteiger partial charge in [0.1, 0.15) is 17.4 Å². The zero-order valence-electron chi connectivity index (χ0n) is 19.1. The van der Waals surface area contributed by atoms with Gasteiger partial charge in [0, 0.05) is 23.3 Å². The summed E-state index contributed by atoms with van der Waals surface area (Å²) in [6.45, 7) is 5.89. The average Bonchev–Trinajstić information content (AvgIpc) is 3.16. The smallest absolute Gasteiger partial charge is 0.252 e. The predicted octanol–water partition coefficient (Wildman–Crippen LogP) is 2.84. The highest BCUT2D eigenvalue weighted by Gasteiger charge is 2.58. The predicted molar refractivity (Wildman–Crippen MR) is 128 cm³/mol. The summed E-state index contributed by atoms with van der Waals surface area (Å²) in [5.41, 5.74) is -0.341. The fourth-order valence-electron chi connectivity index (χ4n) is 4.54. The normalized spacial score (nSPS) is 24.0. The second-order valence-corrected chi connectivity index (χ2v) is 10.7. The Morgan fingerprint density at radius 2 is 1.62 bits per heavy atom. The molecule has 0 unspecified atom stereocenters. The number of Topliss-reactive ketones (excluding diaryl/α,β-unsaturated/α-hetero) is 2. The molecule has 0 radical (unpaired) electrons. The van der Waals surface area contributed by atoms with Crippen molar-refractivity contribution >= 4 is 35.1 Å². The number of thioether (sulfide) groups is 1. The van der Waals surface area contributed by atoms with E-state index in [4.69, 9.17) is 4.74 Å². The molecule has 1 spiro atoms. The highest BCUT2D eigenvalue weighted by atomic mass is 32.2. The molecule has 2 heterocycles. The van der Waals surface area contributed by atoms with Gasteiger partial charge in [-0.05, 0) is 38.5 Å². The highest BCUT2D eigenvalue weighted by molar-refractivity contribution is 8.04. The van der Waals surface area contributed by atoms with Crippen molar-refractivity contribution in [3.8, 4) is 5.75 Å². The summed E-state index contributed by atoms with van der Waals surface area (Å²) in [5, 5.41) is 5.61. The number of ketones is 2. The molecule has 2 amide bonds. The van der Waals surface area contributed by atoms with Gasteiger partial charge in [-0.2, -0.15) is 0 Å². The second-order valence-electron chi connectivity index (χ2n) is 9.68. The zero-order chi connectivity index (χ0) is 24.3. The maximum Gasteiger partial charge on any atom is 0.252 e. The van der Waals surface area contributed by atoms with Crippen LogP contribution in [0.2, 0.25) is 0 Å². The molecule has 7 nitrogen and oxygen atoms in total. The monoisotopic (exact) mass is 476 g/mol. The molecule has 1 fully saturated rings. The summed E-state index contributed by atoms with van der Waals surface area (Å²) in [5.74, 6) is -0.708. The Morgan fingerprint density at radius 3 is 2.26 bits per heavy atom. The Hall–Kier alpha value is -3.39. The number of nitrogens with one attached hydrogen (secondary N) is 2. The lowest BCUT2D eigenvalue weighted by molar-refractivity contribution is -0.139. The Morgan fingerprint density at radius 1 is 0.971 bits per heavy atom. The van der Waals surface area contributed by atoms with Crippen molar-refractivity contribution in [3.05, 3.63) is 75.7 Å². The molecule has 2 aliphatic heterocycles. The number of carbonyl (C=O) groups excluding carboxylic acids is 4. The number of piperazine rings is 1. The van der Waals surface area contributed by atoms with E-state index in [1.54, 1.807) is 24.3 Å². The van der Waals surface area contributed by atoms with Gasteiger partial charge in [-0.3, -0.25) is 19.2 Å². The molecule has 0 bridgehead atoms. The second kappa shape index (κ2) is 7.84. The van der Waals surface area contributed by atoms with Crippen LogP contribution in [0.1, 0.15) is 47.1 Å². The van der Waals surface area contributed by atoms with Crippen LogP contribution in [0.4, 0.5) is 0 Å². The first-order valence-electron chi connectivity index (χ1n) is 11.1. The molecule has 3 aliphatic rings. The number of hydrogen-bond acceptors (Lipinski definition) is 6. The molecule has 2 aromatic carbocycles. The van der Waals surface area contributed by atoms with Crippen molar-refractivity contribution < 1.29 is 23.9 Å². The van der Waals surface area contributed by atoms with E-state index in [0.29, 0.717) is 5.56 Å². The fourth-order valence-corrected chi connectivity index (χ4v) is 5.90. The van der Waals surface area contributed by atoms with Crippen molar-refractivity contribution in [1.82, 2.24) is 10.6 Å². The lowest BCUT2D eigenvalue weighted by Crippen LogP contribution is -2.71. The topological polar surface area (TPSA) is 102 Å². The van der Waals surface area contributed by atoms with E-state index in [2.05, 4.69) is 10.6 Å². The van der Waals surface area contributed by atoms with Gasteiger partial charge in [0.05, 0.1) is 10.5 Å². The van der Waals surface area contributed by atoms with Crippen LogP contribution in [-0.4, -0.2) is 46.3 Å².